The van der Waals surface area contributed by atoms with Crippen molar-refractivity contribution in [3.8, 4) is 16.9 Å². The molecule has 2 amide bonds. The van der Waals surface area contributed by atoms with Gasteiger partial charge in [-0.3, -0.25) is 14.5 Å². The zero-order valence-corrected chi connectivity index (χ0v) is 22.5. The molecule has 10 heteroatoms. The van der Waals surface area contributed by atoms with Crippen LogP contribution < -0.4 is 15.4 Å². The lowest BCUT2D eigenvalue weighted by atomic mass is 10.0. The first-order chi connectivity index (χ1) is 19.4. The first-order valence-electron chi connectivity index (χ1n) is 13.3. The first kappa shape index (κ1) is 25.5. The molecule has 1 saturated carbocycles. The van der Waals surface area contributed by atoms with E-state index in [1.54, 1.807) is 38.6 Å². The first-order valence-corrected chi connectivity index (χ1v) is 13.3. The number of pyridine rings is 1. The lowest BCUT2D eigenvalue weighted by molar-refractivity contribution is -0.125. The molecular formula is C30H31N7O3. The van der Waals surface area contributed by atoms with Crippen molar-refractivity contribution in [2.75, 3.05) is 37.9 Å². The number of amides is 2. The Kier molecular flexibility index (Phi) is 6.45. The molecule has 2 fully saturated rings. The predicted octanol–water partition coefficient (Wildman–Crippen LogP) is 3.96. The Morgan fingerprint density at radius 3 is 2.58 bits per heavy atom. The molecule has 204 valence electrons. The quantitative estimate of drug-likeness (QED) is 0.370. The maximum Gasteiger partial charge on any atom is 0.262 e. The highest BCUT2D eigenvalue weighted by atomic mass is 16.5. The fourth-order valence-electron chi connectivity index (χ4n) is 6.28. The topological polar surface area (TPSA) is 119 Å². The van der Waals surface area contributed by atoms with Crippen LogP contribution in [0.1, 0.15) is 29.2 Å². The summed E-state index contributed by atoms with van der Waals surface area (Å²) in [5.74, 6) is 2.05. The average molecular weight is 538 g/mol. The Balaban J connectivity index is 1.34. The van der Waals surface area contributed by atoms with Gasteiger partial charge >= 0.3 is 0 Å². The summed E-state index contributed by atoms with van der Waals surface area (Å²) in [4.78, 5) is 42.0. The molecular weight excluding hydrogens is 506 g/mol. The highest BCUT2D eigenvalue weighted by Gasteiger charge is 2.43. The van der Waals surface area contributed by atoms with Crippen molar-refractivity contribution in [1.29, 1.82) is 0 Å². The highest BCUT2D eigenvalue weighted by Crippen LogP contribution is 2.46. The lowest BCUT2D eigenvalue weighted by Gasteiger charge is -2.19. The van der Waals surface area contributed by atoms with Crippen molar-refractivity contribution in [2.24, 2.45) is 11.8 Å². The monoisotopic (exact) mass is 537 g/mol. The number of likely N-dealkylation sites (tertiary alicyclic amines) is 1. The fraction of sp³-hybridized carbons (Fsp3) is 0.300. The smallest absolute Gasteiger partial charge is 0.262 e. The van der Waals surface area contributed by atoms with Crippen molar-refractivity contribution in [1.82, 2.24) is 24.4 Å². The lowest BCUT2D eigenvalue weighted by Crippen LogP contribution is -2.28. The number of hydrogen-bond acceptors (Lipinski definition) is 7. The number of nitrogens with zero attached hydrogens (tertiary/aromatic N) is 6. The van der Waals surface area contributed by atoms with Gasteiger partial charge in [0, 0.05) is 44.1 Å². The molecule has 4 aromatic rings. The number of nitrogens with two attached hydrogens (primary N) is 1. The van der Waals surface area contributed by atoms with E-state index >= 15 is 0 Å². The highest BCUT2D eigenvalue weighted by molar-refractivity contribution is 6.08. The van der Waals surface area contributed by atoms with Crippen LogP contribution in [-0.2, 0) is 4.79 Å². The van der Waals surface area contributed by atoms with E-state index in [1.807, 2.05) is 23.1 Å². The Bertz CT molecular complexity index is 1600. The molecule has 0 radical (unpaired) electrons. The second-order valence-electron chi connectivity index (χ2n) is 10.5. The number of fused-ring (bicyclic) bond motifs is 2. The maximum atomic E-state index is 13.3. The Morgan fingerprint density at radius 2 is 1.90 bits per heavy atom. The van der Waals surface area contributed by atoms with Crippen LogP contribution in [0.5, 0.6) is 5.75 Å². The molecule has 1 aromatic carbocycles. The van der Waals surface area contributed by atoms with Crippen LogP contribution in [0.15, 0.2) is 67.8 Å². The molecule has 1 saturated heterocycles. The zero-order chi connectivity index (χ0) is 28.0. The Labute approximate surface area is 232 Å². The van der Waals surface area contributed by atoms with Crippen LogP contribution in [-0.4, -0.2) is 63.5 Å². The average Bonchev–Trinajstić information content (AvgIpc) is 3.68. The Hall–Kier alpha value is -4.73. The zero-order valence-electron chi connectivity index (χ0n) is 22.5. The second kappa shape index (κ2) is 10.1. The van der Waals surface area contributed by atoms with Gasteiger partial charge in [-0.15, -0.1) is 0 Å². The standard InChI is InChI=1S/C30H31N7O3/c1-4-26(38)36-14-19-11-21(12-20(19)15-36)37-16-23(27-28(31)33-17-34-29(27)37)18-8-9-22(24(13-18)40-3)30(39)35(2)25-7-5-6-10-32-25/h4-10,13,16-17,19-21H,1,11-12,14-15H2,2-3H3,(H2,31,33,34). The molecule has 10 nitrogen and oxygen atoms in total. The number of ether oxygens (including phenoxy) is 1. The Morgan fingerprint density at radius 1 is 1.12 bits per heavy atom. The van der Waals surface area contributed by atoms with E-state index in [4.69, 9.17) is 10.5 Å². The van der Waals surface area contributed by atoms with E-state index < -0.39 is 0 Å². The van der Waals surface area contributed by atoms with Gasteiger partial charge in [-0.05, 0) is 60.6 Å². The third-order valence-electron chi connectivity index (χ3n) is 8.28. The molecule has 4 heterocycles. The van der Waals surface area contributed by atoms with Gasteiger partial charge < -0.3 is 19.9 Å². The number of anilines is 2. The SMILES string of the molecule is C=CC(=O)N1CC2CC(n3cc(-c4ccc(C(=O)N(C)c5ccccn5)c(OC)c4)c4c(N)ncnc43)CC2C1. The predicted molar refractivity (Wildman–Crippen MR) is 153 cm³/mol. The molecule has 1 aliphatic heterocycles. The molecule has 40 heavy (non-hydrogen) atoms. The van der Waals surface area contributed by atoms with Gasteiger partial charge in [-0.2, -0.15) is 0 Å². The second-order valence-corrected chi connectivity index (χ2v) is 10.5. The summed E-state index contributed by atoms with van der Waals surface area (Å²) in [7, 11) is 3.24. The largest absolute Gasteiger partial charge is 0.496 e. The maximum absolute atomic E-state index is 13.3. The molecule has 6 rings (SSSR count). The minimum Gasteiger partial charge on any atom is -0.496 e. The van der Waals surface area contributed by atoms with Gasteiger partial charge in [0.15, 0.2) is 0 Å². The molecule has 2 aliphatic rings. The van der Waals surface area contributed by atoms with Crippen molar-refractivity contribution in [3.05, 3.63) is 73.3 Å². The van der Waals surface area contributed by atoms with Gasteiger partial charge in [0.25, 0.3) is 5.91 Å². The van der Waals surface area contributed by atoms with Gasteiger partial charge in [0.1, 0.15) is 29.4 Å². The van der Waals surface area contributed by atoms with E-state index in [0.717, 1.165) is 48.1 Å². The summed E-state index contributed by atoms with van der Waals surface area (Å²) >= 11 is 0. The van der Waals surface area contributed by atoms with E-state index in [1.165, 1.54) is 17.3 Å². The molecule has 2 atom stereocenters. The normalized spacial score (nSPS) is 19.9. The number of aromatic nitrogens is 4. The van der Waals surface area contributed by atoms with Crippen molar-refractivity contribution >= 4 is 34.5 Å². The number of carbonyl (C=O) groups is 2. The molecule has 2 N–H and O–H groups in total. The van der Waals surface area contributed by atoms with Crippen LogP contribution in [0.4, 0.5) is 11.6 Å². The number of hydrogen-bond donors (Lipinski definition) is 1. The number of nitrogen functional groups attached to an aromatic ring is 1. The third-order valence-corrected chi connectivity index (χ3v) is 8.28. The minimum absolute atomic E-state index is 0.00210. The fourth-order valence-corrected chi connectivity index (χ4v) is 6.28. The molecule has 2 unspecified atom stereocenters. The molecule has 0 bridgehead atoms. The van der Waals surface area contributed by atoms with Crippen LogP contribution in [0.25, 0.3) is 22.2 Å². The number of methoxy groups -OCH3 is 1. The summed E-state index contributed by atoms with van der Waals surface area (Å²) in [6.07, 6.45) is 8.53. The van der Waals surface area contributed by atoms with Crippen LogP contribution in [0.3, 0.4) is 0 Å². The summed E-state index contributed by atoms with van der Waals surface area (Å²) in [6.45, 7) is 5.15. The van der Waals surface area contributed by atoms with Gasteiger partial charge in [0.2, 0.25) is 5.91 Å². The summed E-state index contributed by atoms with van der Waals surface area (Å²) in [6, 6.07) is 11.2. The summed E-state index contributed by atoms with van der Waals surface area (Å²) < 4.78 is 7.89. The van der Waals surface area contributed by atoms with Crippen LogP contribution in [0, 0.1) is 11.8 Å². The minimum atomic E-state index is -0.228. The van der Waals surface area contributed by atoms with Gasteiger partial charge in [0.05, 0.1) is 18.1 Å². The van der Waals surface area contributed by atoms with E-state index in [0.29, 0.717) is 34.8 Å². The van der Waals surface area contributed by atoms with Crippen LogP contribution in [0.2, 0.25) is 0 Å². The van der Waals surface area contributed by atoms with Crippen LogP contribution >= 0.6 is 0 Å². The molecule has 3 aromatic heterocycles. The third kappa shape index (κ3) is 4.25. The van der Waals surface area contributed by atoms with Gasteiger partial charge in [-0.1, -0.05) is 18.7 Å². The van der Waals surface area contributed by atoms with E-state index in [9.17, 15) is 9.59 Å². The van der Waals surface area contributed by atoms with E-state index in [-0.39, 0.29) is 17.9 Å². The van der Waals surface area contributed by atoms with E-state index in [2.05, 4.69) is 32.3 Å². The summed E-state index contributed by atoms with van der Waals surface area (Å²) in [5.41, 5.74) is 9.33. The summed E-state index contributed by atoms with van der Waals surface area (Å²) in [5, 5.41) is 0.773. The van der Waals surface area contributed by atoms with Gasteiger partial charge in [-0.25, -0.2) is 15.0 Å². The van der Waals surface area contributed by atoms with Crippen molar-refractivity contribution < 1.29 is 14.3 Å². The van der Waals surface area contributed by atoms with Crippen molar-refractivity contribution in [2.45, 2.75) is 18.9 Å². The number of benzene rings is 1. The molecule has 0 spiro atoms. The number of carbonyl (C=O) groups excluding carboxylic acids is 2. The molecule has 1 aliphatic carbocycles. The van der Waals surface area contributed by atoms with Crippen molar-refractivity contribution in [3.63, 3.8) is 0 Å². The number of rotatable bonds is 6.